The number of para-hydroxylation sites is 2. The predicted octanol–water partition coefficient (Wildman–Crippen LogP) is 8.84. The van der Waals surface area contributed by atoms with Crippen LogP contribution in [0.3, 0.4) is 0 Å². The van der Waals surface area contributed by atoms with Gasteiger partial charge in [0.25, 0.3) is 5.56 Å². The Hall–Kier alpha value is -8.31. The van der Waals surface area contributed by atoms with Crippen LogP contribution >= 0.6 is 38.8 Å². The van der Waals surface area contributed by atoms with E-state index in [9.17, 15) is 19.5 Å². The number of phosphoric ester groups is 2. The summed E-state index contributed by atoms with van der Waals surface area (Å²) in [4.78, 5) is 58.7. The average molecular weight is 1370 g/mol. The van der Waals surface area contributed by atoms with Crippen LogP contribution in [-0.2, 0) is 51.8 Å². The van der Waals surface area contributed by atoms with Gasteiger partial charge in [0, 0.05) is 37.2 Å². The Kier molecular flexibility index (Phi) is 19.5. The highest BCUT2D eigenvalue weighted by atomic mass is 35.5. The van der Waals surface area contributed by atoms with Crippen molar-refractivity contribution in [3.8, 4) is 23.0 Å². The fourth-order valence-corrected chi connectivity index (χ4v) is 14.5. The van der Waals surface area contributed by atoms with Crippen LogP contribution in [0.5, 0.6) is 23.0 Å². The molecule has 0 aliphatic carbocycles. The van der Waals surface area contributed by atoms with E-state index in [0.717, 1.165) is 4.57 Å². The van der Waals surface area contributed by atoms with Crippen molar-refractivity contribution in [1.29, 1.82) is 0 Å². The first kappa shape index (κ1) is 65.7. The third-order valence-corrected chi connectivity index (χ3v) is 19.4. The number of benzene rings is 5. The number of halogens is 2. The number of anilines is 2. The van der Waals surface area contributed by atoms with Gasteiger partial charge in [0.2, 0.25) is 0 Å². The third kappa shape index (κ3) is 14.1. The lowest BCUT2D eigenvalue weighted by Crippen LogP contribution is -2.38. The van der Waals surface area contributed by atoms with Crippen LogP contribution in [-0.4, -0.2) is 114 Å². The van der Waals surface area contributed by atoms with Gasteiger partial charge in [-0.15, -0.1) is 0 Å². The van der Waals surface area contributed by atoms with Gasteiger partial charge < -0.3 is 54.0 Å². The quantitative estimate of drug-likeness (QED) is 0.0306. The molecule has 28 nitrogen and oxygen atoms in total. The number of H-pyrrole nitrogens is 1. The summed E-state index contributed by atoms with van der Waals surface area (Å²) in [6, 6.07) is 37.5. The first-order valence-electron chi connectivity index (χ1n) is 29.3. The van der Waals surface area contributed by atoms with Crippen molar-refractivity contribution < 1.29 is 69.8 Å². The minimum Gasteiger partial charge on any atom is -0.497 e. The summed E-state index contributed by atoms with van der Waals surface area (Å²) < 4.78 is 111. The maximum Gasteiger partial charge on any atom is 0.530 e. The van der Waals surface area contributed by atoms with Crippen LogP contribution in [0.2, 0.25) is 10.0 Å². The zero-order valence-corrected chi connectivity index (χ0v) is 53.6. The molecule has 94 heavy (non-hydrogen) atoms. The van der Waals surface area contributed by atoms with E-state index in [1.54, 1.807) is 67.3 Å². The Balaban J connectivity index is 0.887. The summed E-state index contributed by atoms with van der Waals surface area (Å²) in [5, 5.41) is 11.4. The fourth-order valence-electron chi connectivity index (χ4n) is 11.2. The number of aromatic amines is 1. The monoisotopic (exact) mass is 1370 g/mol. The van der Waals surface area contributed by atoms with E-state index in [4.69, 9.17) is 90.2 Å². The number of nitrogens with two attached hydrogens (primary N) is 2. The number of fused-ring (bicyclic) bond motifs is 1. The van der Waals surface area contributed by atoms with Gasteiger partial charge in [-0.2, -0.15) is 4.98 Å². The second kappa shape index (κ2) is 27.9. The summed E-state index contributed by atoms with van der Waals surface area (Å²) >= 11 is 13.3. The fraction of sp³-hybridized carbons (Fsp3) is 0.306. The molecular formula is C62H62Cl2N10O18P2. The van der Waals surface area contributed by atoms with Gasteiger partial charge in [0.15, 0.2) is 11.5 Å². The lowest BCUT2D eigenvalue weighted by Gasteiger charge is -2.37. The van der Waals surface area contributed by atoms with Crippen molar-refractivity contribution in [2.24, 2.45) is 0 Å². The first-order chi connectivity index (χ1) is 45.3. The zero-order valence-electron chi connectivity index (χ0n) is 50.3. The summed E-state index contributed by atoms with van der Waals surface area (Å²) in [5.74, 6) is 0.912. The molecule has 0 spiro atoms. The summed E-state index contributed by atoms with van der Waals surface area (Å²) in [5.41, 5.74) is 11.0. The smallest absolute Gasteiger partial charge is 0.497 e. The molecular weight excluding hydrogens is 1310 g/mol. The molecule has 11 atom stereocenters. The molecule has 12 rings (SSSR count). The minimum atomic E-state index is -5.17. The number of aliphatic hydroxyl groups is 1. The van der Waals surface area contributed by atoms with Crippen molar-refractivity contribution in [3.05, 3.63) is 222 Å². The summed E-state index contributed by atoms with van der Waals surface area (Å²) in [7, 11) is -7.12. The highest BCUT2D eigenvalue weighted by molar-refractivity contribution is 7.49. The van der Waals surface area contributed by atoms with Crippen LogP contribution in [0, 0.1) is 6.92 Å². The number of aryl methyl sites for hydroxylation is 1. The SMILES string of the molecule is COc1ccc(C(OC[C@H]2O[C@@H](n3ccc(N)nc3=O)C[C@@H]2OP(=O)(OC[C@H]2O[C@@H](n3cc(C)c(=O)[nH]c3=O)C[C@@H]2OP(=O)(OC[C@H]2O[C@@H](n3cnc4c(N)ncnc43)C[C@@H]2O)Oc2ccccc2Cl)Oc2ccccc2Cl)(c2ccccc2)c2ccc(OC)cc2)cc1. The zero-order chi connectivity index (χ0) is 65.9. The molecule has 3 aliphatic rings. The van der Waals surface area contributed by atoms with E-state index in [0.29, 0.717) is 39.4 Å². The van der Waals surface area contributed by atoms with E-state index in [2.05, 4.69) is 24.9 Å². The molecule has 5 aromatic carbocycles. The van der Waals surface area contributed by atoms with E-state index in [1.165, 1.54) is 66.9 Å². The number of imidazole rings is 1. The number of methoxy groups -OCH3 is 2. The van der Waals surface area contributed by atoms with Crippen LogP contribution in [0.1, 0.15) is 60.2 Å². The molecule has 9 aromatic rings. The number of ether oxygens (including phenoxy) is 6. The number of aromatic nitrogens is 8. The number of phosphoric acid groups is 2. The Morgan fingerprint density at radius 2 is 1.16 bits per heavy atom. The van der Waals surface area contributed by atoms with Crippen molar-refractivity contribution in [1.82, 2.24) is 38.6 Å². The topological polar surface area (TPSA) is 351 Å². The normalized spacial score (nSPS) is 22.6. The second-order valence-corrected chi connectivity index (χ2v) is 25.8. The van der Waals surface area contributed by atoms with Gasteiger partial charge in [-0.3, -0.25) is 41.6 Å². The second-order valence-electron chi connectivity index (χ2n) is 21.9. The minimum absolute atomic E-state index is 0.00233. The molecule has 3 fully saturated rings. The van der Waals surface area contributed by atoms with Crippen LogP contribution in [0.25, 0.3) is 11.2 Å². The van der Waals surface area contributed by atoms with E-state index in [-0.39, 0.29) is 64.6 Å². The van der Waals surface area contributed by atoms with E-state index < -0.39 is 107 Å². The van der Waals surface area contributed by atoms with Gasteiger partial charge in [-0.05, 0) is 78.2 Å². The Morgan fingerprint density at radius 3 is 1.73 bits per heavy atom. The Morgan fingerprint density at radius 1 is 0.638 bits per heavy atom. The number of nitrogens with one attached hydrogen (secondary N) is 1. The first-order valence-corrected chi connectivity index (χ1v) is 33.0. The Bertz CT molecular complexity index is 4410. The van der Waals surface area contributed by atoms with Gasteiger partial charge in [0.05, 0.1) is 56.5 Å². The molecule has 0 bridgehead atoms. The summed E-state index contributed by atoms with van der Waals surface area (Å²) in [6.45, 7) is -0.301. The molecule has 4 aromatic heterocycles. The van der Waals surface area contributed by atoms with Crippen molar-refractivity contribution in [2.75, 3.05) is 45.5 Å². The highest BCUT2D eigenvalue weighted by Crippen LogP contribution is 2.58. The molecule has 0 radical (unpaired) electrons. The number of nitrogen functional groups attached to an aromatic ring is 2. The maximum atomic E-state index is 16.1. The molecule has 0 saturated carbocycles. The van der Waals surface area contributed by atoms with Crippen LogP contribution < -0.4 is 46.9 Å². The van der Waals surface area contributed by atoms with Crippen molar-refractivity contribution >= 4 is 61.6 Å². The molecule has 32 heteroatoms. The molecule has 0 amide bonds. The lowest BCUT2D eigenvalue weighted by molar-refractivity contribution is -0.0949. The van der Waals surface area contributed by atoms with Crippen LogP contribution in [0.4, 0.5) is 11.6 Å². The average Bonchev–Trinajstić information content (AvgIpc) is 0.891. The number of nitrogens with zero attached hydrogens (tertiary/aromatic N) is 7. The van der Waals surface area contributed by atoms with Gasteiger partial charge >= 0.3 is 27.0 Å². The van der Waals surface area contributed by atoms with Gasteiger partial charge in [-0.1, -0.05) is 102 Å². The highest BCUT2D eigenvalue weighted by Gasteiger charge is 2.50. The third-order valence-electron chi connectivity index (χ3n) is 15.9. The molecule has 492 valence electrons. The van der Waals surface area contributed by atoms with Gasteiger partial charge in [0.1, 0.15) is 95.5 Å². The maximum absolute atomic E-state index is 16.1. The van der Waals surface area contributed by atoms with Gasteiger partial charge in [-0.25, -0.2) is 33.7 Å². The summed E-state index contributed by atoms with van der Waals surface area (Å²) in [6.07, 6.45) is -6.51. The lowest BCUT2D eigenvalue weighted by atomic mass is 9.80. The molecule has 2 unspecified atom stereocenters. The largest absolute Gasteiger partial charge is 0.530 e. The standard InChI is InChI=1S/C62H62Cl2N10O18P2/c1-36-30-73(61(78)71-59(36)76)55-29-48(92-93(79,89-45-15-9-7-13-42(45)63)84-32-49-44(75)27-53(86-49)74-35-69-56-57(66)67-34-68-58(56)74)51(88-55)33-85-94(80,90-46-16-10-8-14-43(46)64)91-47-28-54(72-26-25-52(65)70-60(72)77)87-50(47)31-83-62(37-11-5-4-6-12-37,38-17-21-40(81-2)22-18-38)39-19-23-41(82-3)24-20-39/h4-26,30,34-35,44,47-51,53-55,75H,27-29,31-33H2,1-3H3,(H2,65,70,77)(H2,66,67,68)(H,71,76,78)/t44-,47-,48-,49+,50+,51+,53+,54+,55+,93?,94?/m0/s1. The van der Waals surface area contributed by atoms with Crippen molar-refractivity contribution in [2.45, 2.75) is 87.1 Å². The molecule has 7 heterocycles. The van der Waals surface area contributed by atoms with Crippen molar-refractivity contribution in [3.63, 3.8) is 0 Å². The predicted molar refractivity (Wildman–Crippen MR) is 340 cm³/mol. The number of hydrogen-bond donors (Lipinski definition) is 4. The Labute approximate surface area is 545 Å². The number of aliphatic hydroxyl groups excluding tert-OH is 1. The van der Waals surface area contributed by atoms with E-state index >= 15 is 9.13 Å². The number of rotatable bonds is 25. The molecule has 3 saturated heterocycles. The number of hydrogen-bond acceptors (Lipinski definition) is 24. The molecule has 3 aliphatic heterocycles. The van der Waals surface area contributed by atoms with Crippen LogP contribution in [0.15, 0.2) is 173 Å². The van der Waals surface area contributed by atoms with E-state index in [1.807, 2.05) is 54.6 Å². The molecule has 6 N–H and O–H groups in total.